The highest BCUT2D eigenvalue weighted by atomic mass is 35.5. The molecule has 0 saturated heterocycles. The molecule has 29 heavy (non-hydrogen) atoms. The van der Waals surface area contributed by atoms with Crippen molar-refractivity contribution in [3.8, 4) is 5.75 Å². The van der Waals surface area contributed by atoms with E-state index in [1.807, 2.05) is 72.8 Å². The number of hydrogen-bond acceptors (Lipinski definition) is 4. The van der Waals surface area contributed by atoms with Crippen molar-refractivity contribution in [3.05, 3.63) is 101 Å². The van der Waals surface area contributed by atoms with Gasteiger partial charge in [0.25, 0.3) is 5.91 Å². The van der Waals surface area contributed by atoms with Gasteiger partial charge in [0.15, 0.2) is 5.84 Å². The fourth-order valence-corrected chi connectivity index (χ4v) is 3.13. The Morgan fingerprint density at radius 3 is 2.34 bits per heavy atom. The number of carbonyl (C=O) groups excluding carboxylic acids is 1. The van der Waals surface area contributed by atoms with Crippen molar-refractivity contribution in [2.75, 3.05) is 12.5 Å². The fraction of sp³-hybridized carbons (Fsp3) is 0.0435. The van der Waals surface area contributed by atoms with Crippen LogP contribution in [0.25, 0.3) is 6.08 Å². The van der Waals surface area contributed by atoms with Crippen molar-refractivity contribution >= 4 is 35.1 Å². The smallest absolute Gasteiger partial charge is 0.297 e. The molecule has 1 aliphatic heterocycles. The first-order chi connectivity index (χ1) is 14.2. The number of benzene rings is 3. The quantitative estimate of drug-likeness (QED) is 0.609. The molecule has 0 unspecified atom stereocenters. The normalized spacial score (nSPS) is 14.8. The van der Waals surface area contributed by atoms with E-state index in [-0.39, 0.29) is 5.91 Å². The van der Waals surface area contributed by atoms with Crippen LogP contribution in [0.4, 0.5) is 5.69 Å². The number of rotatable bonds is 5. The molecular weight excluding hydrogens is 386 g/mol. The number of methoxy groups -OCH3 is 1. The van der Waals surface area contributed by atoms with E-state index < -0.39 is 0 Å². The Hall–Kier alpha value is -3.57. The standard InChI is InChI=1S/C23H18ClN3O2/c1-29-19-13-11-18(12-14-19)26-27-22(16-7-3-2-4-8-16)25-21(23(27)28)15-17-9-5-6-10-20(17)24/h2-15,26H,1H3. The van der Waals surface area contributed by atoms with Gasteiger partial charge in [-0.2, -0.15) is 5.01 Å². The highest BCUT2D eigenvalue weighted by Gasteiger charge is 2.31. The first-order valence-electron chi connectivity index (χ1n) is 9.01. The number of amides is 1. The topological polar surface area (TPSA) is 53.9 Å². The zero-order valence-electron chi connectivity index (χ0n) is 15.7. The van der Waals surface area contributed by atoms with Crippen molar-refractivity contribution in [1.29, 1.82) is 0 Å². The van der Waals surface area contributed by atoms with Gasteiger partial charge in [-0.25, -0.2) is 4.99 Å². The maximum Gasteiger partial charge on any atom is 0.297 e. The first kappa shape index (κ1) is 18.8. The van der Waals surface area contributed by atoms with Crippen LogP contribution in [0.1, 0.15) is 11.1 Å². The van der Waals surface area contributed by atoms with Crippen LogP contribution >= 0.6 is 11.6 Å². The summed E-state index contributed by atoms with van der Waals surface area (Å²) in [6.45, 7) is 0. The average Bonchev–Trinajstić information content (AvgIpc) is 3.06. The minimum absolute atomic E-state index is 0.264. The van der Waals surface area contributed by atoms with Crippen LogP contribution in [0, 0.1) is 0 Å². The molecule has 1 aliphatic rings. The van der Waals surface area contributed by atoms with Gasteiger partial charge in [-0.05, 0) is 42.0 Å². The van der Waals surface area contributed by atoms with E-state index in [9.17, 15) is 4.79 Å². The van der Waals surface area contributed by atoms with Crippen LogP contribution in [0.15, 0.2) is 89.6 Å². The van der Waals surface area contributed by atoms with Crippen molar-refractivity contribution in [2.45, 2.75) is 0 Å². The molecule has 0 spiro atoms. The maximum atomic E-state index is 13.1. The molecule has 1 heterocycles. The predicted octanol–water partition coefficient (Wildman–Crippen LogP) is 5.01. The van der Waals surface area contributed by atoms with Gasteiger partial charge in [0.1, 0.15) is 11.4 Å². The van der Waals surface area contributed by atoms with Crippen molar-refractivity contribution < 1.29 is 9.53 Å². The van der Waals surface area contributed by atoms with Gasteiger partial charge >= 0.3 is 0 Å². The summed E-state index contributed by atoms with van der Waals surface area (Å²) in [5.41, 5.74) is 5.75. The Morgan fingerprint density at radius 2 is 1.66 bits per heavy atom. The first-order valence-corrected chi connectivity index (χ1v) is 9.39. The Labute approximate surface area is 173 Å². The Kier molecular flexibility index (Phi) is 5.31. The van der Waals surface area contributed by atoms with E-state index in [4.69, 9.17) is 16.3 Å². The summed E-state index contributed by atoms with van der Waals surface area (Å²) in [6.07, 6.45) is 1.70. The summed E-state index contributed by atoms with van der Waals surface area (Å²) < 4.78 is 5.19. The molecule has 0 atom stereocenters. The summed E-state index contributed by atoms with van der Waals surface area (Å²) in [6, 6.07) is 24.2. The Morgan fingerprint density at radius 1 is 0.966 bits per heavy atom. The second-order valence-corrected chi connectivity index (χ2v) is 6.74. The number of amidine groups is 1. The number of halogens is 1. The monoisotopic (exact) mass is 403 g/mol. The molecule has 0 saturated carbocycles. The molecule has 0 bridgehead atoms. The highest BCUT2D eigenvalue weighted by Crippen LogP contribution is 2.26. The average molecular weight is 404 g/mol. The SMILES string of the molecule is COc1ccc(NN2C(=O)C(=Cc3ccccc3Cl)N=C2c2ccccc2)cc1. The van der Waals surface area contributed by atoms with Crippen molar-refractivity contribution in [2.24, 2.45) is 4.99 Å². The molecule has 0 aromatic heterocycles. The zero-order chi connectivity index (χ0) is 20.2. The summed E-state index contributed by atoms with van der Waals surface area (Å²) >= 11 is 6.25. The molecule has 0 aliphatic carbocycles. The van der Waals surface area contributed by atoms with E-state index in [1.54, 1.807) is 19.3 Å². The molecule has 3 aromatic rings. The summed E-state index contributed by atoms with van der Waals surface area (Å²) in [4.78, 5) is 17.7. The van der Waals surface area contributed by atoms with Gasteiger partial charge in [0.05, 0.1) is 12.8 Å². The third-order valence-corrected chi connectivity index (χ3v) is 4.76. The molecule has 1 N–H and O–H groups in total. The number of ether oxygens (including phenoxy) is 1. The van der Waals surface area contributed by atoms with Gasteiger partial charge in [0, 0.05) is 10.6 Å². The number of nitrogens with one attached hydrogen (secondary N) is 1. The molecule has 0 radical (unpaired) electrons. The Balaban J connectivity index is 1.72. The van der Waals surface area contributed by atoms with Crippen LogP contribution in [-0.4, -0.2) is 23.9 Å². The third-order valence-electron chi connectivity index (χ3n) is 4.42. The number of nitrogens with zero attached hydrogens (tertiary/aromatic N) is 2. The lowest BCUT2D eigenvalue weighted by molar-refractivity contribution is -0.121. The van der Waals surface area contributed by atoms with Gasteiger partial charge in [-0.1, -0.05) is 60.1 Å². The fourth-order valence-electron chi connectivity index (χ4n) is 2.94. The van der Waals surface area contributed by atoms with Gasteiger partial charge in [-0.15, -0.1) is 0 Å². The molecule has 4 rings (SSSR count). The Bertz CT molecular complexity index is 1090. The van der Waals surface area contributed by atoms with Crippen molar-refractivity contribution in [1.82, 2.24) is 5.01 Å². The van der Waals surface area contributed by atoms with E-state index in [2.05, 4.69) is 10.4 Å². The highest BCUT2D eigenvalue weighted by molar-refractivity contribution is 6.32. The van der Waals surface area contributed by atoms with Gasteiger partial charge < -0.3 is 4.74 Å². The number of aliphatic imine (C=N–C) groups is 1. The molecule has 0 fully saturated rings. The lowest BCUT2D eigenvalue weighted by Gasteiger charge is -2.20. The lowest BCUT2D eigenvalue weighted by atomic mass is 10.2. The maximum absolute atomic E-state index is 13.1. The van der Waals surface area contributed by atoms with Crippen LogP contribution < -0.4 is 10.2 Å². The van der Waals surface area contributed by atoms with Crippen LogP contribution in [0.2, 0.25) is 5.02 Å². The molecule has 1 amide bonds. The van der Waals surface area contributed by atoms with Crippen molar-refractivity contribution in [3.63, 3.8) is 0 Å². The predicted molar refractivity (Wildman–Crippen MR) is 116 cm³/mol. The zero-order valence-corrected chi connectivity index (χ0v) is 16.4. The largest absolute Gasteiger partial charge is 0.497 e. The van der Waals surface area contributed by atoms with Crippen LogP contribution in [0.3, 0.4) is 0 Å². The number of anilines is 1. The van der Waals surface area contributed by atoms with E-state index >= 15 is 0 Å². The molecule has 144 valence electrons. The number of hydrazine groups is 1. The van der Waals surface area contributed by atoms with E-state index in [0.717, 1.165) is 22.6 Å². The third kappa shape index (κ3) is 4.00. The minimum atomic E-state index is -0.264. The molecular formula is C23H18ClN3O2. The molecule has 5 nitrogen and oxygen atoms in total. The second-order valence-electron chi connectivity index (χ2n) is 6.33. The summed E-state index contributed by atoms with van der Waals surface area (Å²) in [5, 5.41) is 2.01. The lowest BCUT2D eigenvalue weighted by Crippen LogP contribution is -2.37. The van der Waals surface area contributed by atoms with Crippen LogP contribution in [-0.2, 0) is 4.79 Å². The van der Waals surface area contributed by atoms with E-state index in [1.165, 1.54) is 5.01 Å². The summed E-state index contributed by atoms with van der Waals surface area (Å²) in [5.74, 6) is 0.990. The minimum Gasteiger partial charge on any atom is -0.497 e. The van der Waals surface area contributed by atoms with Crippen LogP contribution in [0.5, 0.6) is 5.75 Å². The van der Waals surface area contributed by atoms with Gasteiger partial charge in [-0.3, -0.25) is 10.2 Å². The van der Waals surface area contributed by atoms with Gasteiger partial charge in [0.2, 0.25) is 0 Å². The molecule has 3 aromatic carbocycles. The van der Waals surface area contributed by atoms with E-state index in [0.29, 0.717) is 16.6 Å². The number of carbonyl (C=O) groups is 1. The number of hydrogen-bond donors (Lipinski definition) is 1. The second kappa shape index (κ2) is 8.20. The summed E-state index contributed by atoms with van der Waals surface area (Å²) in [7, 11) is 1.61. The molecule has 6 heteroatoms.